The zero-order valence-corrected chi connectivity index (χ0v) is 31.2. The van der Waals surface area contributed by atoms with Crippen LogP contribution in [-0.4, -0.2) is 102 Å². The van der Waals surface area contributed by atoms with Crippen molar-refractivity contribution in [2.45, 2.75) is 135 Å². The van der Waals surface area contributed by atoms with Gasteiger partial charge in [0.05, 0.1) is 29.4 Å². The maximum Gasteiger partial charge on any atom is 0.338 e. The number of Topliss-reactive ketones (excluding diaryl/α,β-unsaturated/α-hetero) is 2. The molecule has 11 atom stereocenters. The molecule has 0 radical (unpaired) electrons. The summed E-state index contributed by atoms with van der Waals surface area (Å²) in [7, 11) is 1.50. The molecule has 0 aliphatic carbocycles. The molecule has 3 aliphatic heterocycles. The Hall–Kier alpha value is -2.96. The predicted octanol–water partition coefficient (Wildman–Crippen LogP) is 5.07. The molecule has 2 saturated heterocycles. The zero-order valence-electron chi connectivity index (χ0n) is 31.2. The largest absolute Gasteiger partial charge is 0.458 e. The van der Waals surface area contributed by atoms with Crippen molar-refractivity contribution in [3.05, 3.63) is 47.5 Å². The van der Waals surface area contributed by atoms with Gasteiger partial charge in [-0.05, 0) is 104 Å². The highest BCUT2D eigenvalue weighted by atomic mass is 16.7. The van der Waals surface area contributed by atoms with Gasteiger partial charge in [-0.25, -0.2) is 4.79 Å². The Bertz CT molecular complexity index is 1390. The molecule has 11 nitrogen and oxygen atoms in total. The van der Waals surface area contributed by atoms with Crippen LogP contribution in [0.3, 0.4) is 0 Å². The summed E-state index contributed by atoms with van der Waals surface area (Å²) in [4.78, 5) is 57.3. The number of carbonyl (C=O) groups excluding carboxylic acids is 4. The van der Waals surface area contributed by atoms with E-state index >= 15 is 0 Å². The first kappa shape index (κ1) is 39.8. The molecule has 1 aromatic rings. The van der Waals surface area contributed by atoms with E-state index in [4.69, 9.17) is 23.7 Å². The summed E-state index contributed by atoms with van der Waals surface area (Å²) in [5, 5.41) is 11.3. The fourth-order valence-electron chi connectivity index (χ4n) is 7.92. The third kappa shape index (κ3) is 8.91. The second kappa shape index (κ2) is 16.6. The highest BCUT2D eigenvalue weighted by Gasteiger charge is 2.51. The van der Waals surface area contributed by atoms with Crippen LogP contribution in [0.1, 0.15) is 97.9 Å². The van der Waals surface area contributed by atoms with Crippen molar-refractivity contribution in [3.8, 4) is 0 Å². The third-order valence-electron chi connectivity index (χ3n) is 10.8. The van der Waals surface area contributed by atoms with E-state index < -0.39 is 71.3 Å². The highest BCUT2D eigenvalue weighted by molar-refractivity contribution is 6.00. The molecule has 0 saturated carbocycles. The molecule has 50 heavy (non-hydrogen) atoms. The van der Waals surface area contributed by atoms with Crippen LogP contribution in [-0.2, 0) is 38.1 Å². The fraction of sp³-hybridized carbons (Fsp3) is 0.692. The summed E-state index contributed by atoms with van der Waals surface area (Å²) in [6.07, 6.45) is 0.221. The predicted molar refractivity (Wildman–Crippen MR) is 186 cm³/mol. The SMILES string of the molecule is CC[C@H]1OC(=O)[C@H](C)C(=O)[C@H](C)[C@@H](O[C@H]2O[C@@H](C)C[C@@H](N3CCCC3)[C@@H]2OC(=O)c2ccccc2)[C@](C)(OC)C[C@@H](C)C(=O)/C(C)=C\[C@]1(C)O. The number of ether oxygens (including phenoxy) is 5. The van der Waals surface area contributed by atoms with Gasteiger partial charge < -0.3 is 28.8 Å². The van der Waals surface area contributed by atoms with E-state index in [1.807, 2.05) is 13.0 Å². The summed E-state index contributed by atoms with van der Waals surface area (Å²) >= 11 is 0. The fourth-order valence-corrected chi connectivity index (χ4v) is 7.92. The molecule has 0 amide bonds. The molecular weight excluding hydrogens is 642 g/mol. The number of hydrogen-bond acceptors (Lipinski definition) is 11. The van der Waals surface area contributed by atoms with Crippen molar-refractivity contribution < 1.29 is 48.0 Å². The topological polar surface area (TPSA) is 138 Å². The van der Waals surface area contributed by atoms with Crippen LogP contribution in [0.5, 0.6) is 0 Å². The molecule has 0 unspecified atom stereocenters. The highest BCUT2D eigenvalue weighted by Crippen LogP contribution is 2.38. The van der Waals surface area contributed by atoms with E-state index in [0.29, 0.717) is 17.6 Å². The maximum absolute atomic E-state index is 14.2. The van der Waals surface area contributed by atoms with Crippen molar-refractivity contribution in [2.75, 3.05) is 20.2 Å². The number of carbonyl (C=O) groups is 4. The Morgan fingerprint density at radius 2 is 1.68 bits per heavy atom. The Morgan fingerprint density at radius 3 is 2.28 bits per heavy atom. The van der Waals surface area contributed by atoms with Gasteiger partial charge in [0.25, 0.3) is 0 Å². The number of esters is 2. The minimum atomic E-state index is -1.65. The number of aliphatic hydroxyl groups is 1. The summed E-state index contributed by atoms with van der Waals surface area (Å²) in [6.45, 7) is 15.2. The molecule has 0 bridgehead atoms. The number of likely N-dealkylation sites (tertiary alicyclic amines) is 1. The van der Waals surface area contributed by atoms with Gasteiger partial charge in [-0.2, -0.15) is 0 Å². The lowest BCUT2D eigenvalue weighted by atomic mass is 9.77. The number of hydrogen-bond donors (Lipinski definition) is 1. The van der Waals surface area contributed by atoms with E-state index in [9.17, 15) is 24.3 Å². The molecule has 0 aromatic heterocycles. The number of nitrogens with zero attached hydrogens (tertiary/aromatic N) is 1. The van der Waals surface area contributed by atoms with Crippen LogP contribution in [0.25, 0.3) is 0 Å². The van der Waals surface area contributed by atoms with Crippen molar-refractivity contribution in [1.82, 2.24) is 4.90 Å². The van der Waals surface area contributed by atoms with Gasteiger partial charge in [0.15, 0.2) is 24.0 Å². The van der Waals surface area contributed by atoms with Crippen molar-refractivity contribution in [3.63, 3.8) is 0 Å². The standard InChI is InChI=1S/C39H57NO10/c1-10-30-38(7,45)21-23(2)31(41)24(3)22-39(8,46-9)34(26(5)32(42)27(6)35(43)48-30)50-37-33(49-36(44)28-16-12-11-13-17-28)29(20-25(4)47-37)40-18-14-15-19-40/h11-13,16-17,21,24-27,29-30,33-34,37,45H,10,14-15,18-20,22H2,1-9H3/b23-21-/t24-,25+,26+,27-,29-,30-,33+,34-,37-,38+,39-/m1/s1. The smallest absolute Gasteiger partial charge is 0.338 e. The number of ketones is 2. The Balaban J connectivity index is 1.78. The molecular formula is C39H57NO10. The maximum atomic E-state index is 14.2. The zero-order chi connectivity index (χ0) is 37.0. The van der Waals surface area contributed by atoms with Crippen LogP contribution in [0, 0.1) is 17.8 Å². The van der Waals surface area contributed by atoms with Gasteiger partial charge in [0, 0.05) is 18.9 Å². The van der Waals surface area contributed by atoms with Crippen molar-refractivity contribution >= 4 is 23.5 Å². The Kier molecular flexibility index (Phi) is 13.2. The molecule has 3 aliphatic rings. The van der Waals surface area contributed by atoms with Crippen LogP contribution >= 0.6 is 0 Å². The lowest BCUT2D eigenvalue weighted by molar-refractivity contribution is -0.295. The van der Waals surface area contributed by atoms with Crippen LogP contribution < -0.4 is 0 Å². The first-order valence-electron chi connectivity index (χ1n) is 18.1. The average Bonchev–Trinajstić information content (AvgIpc) is 3.63. The molecule has 4 rings (SSSR count). The summed E-state index contributed by atoms with van der Waals surface area (Å²) < 4.78 is 31.4. The molecule has 0 spiro atoms. The van der Waals surface area contributed by atoms with Crippen molar-refractivity contribution in [1.29, 1.82) is 0 Å². The minimum Gasteiger partial charge on any atom is -0.458 e. The number of rotatable bonds is 7. The quantitative estimate of drug-likeness (QED) is 0.302. The number of benzene rings is 1. The van der Waals surface area contributed by atoms with Gasteiger partial charge in [-0.15, -0.1) is 0 Å². The third-order valence-corrected chi connectivity index (χ3v) is 10.8. The molecule has 1 N–H and O–H groups in total. The van der Waals surface area contributed by atoms with Crippen LogP contribution in [0.15, 0.2) is 42.0 Å². The lowest BCUT2D eigenvalue weighted by Crippen LogP contribution is -2.60. The minimum absolute atomic E-state index is 0.139. The van der Waals surface area contributed by atoms with E-state index in [1.54, 1.807) is 58.9 Å². The summed E-state index contributed by atoms with van der Waals surface area (Å²) in [5.41, 5.74) is -2.20. The van der Waals surface area contributed by atoms with E-state index in [1.165, 1.54) is 27.0 Å². The van der Waals surface area contributed by atoms with Gasteiger partial charge in [-0.3, -0.25) is 19.3 Å². The first-order chi connectivity index (χ1) is 23.5. The Morgan fingerprint density at radius 1 is 1.04 bits per heavy atom. The second-order valence-electron chi connectivity index (χ2n) is 14.9. The van der Waals surface area contributed by atoms with Gasteiger partial charge in [0.1, 0.15) is 17.6 Å². The monoisotopic (exact) mass is 699 g/mol. The normalized spacial score (nSPS) is 39.3. The van der Waals surface area contributed by atoms with E-state index in [0.717, 1.165) is 25.9 Å². The lowest BCUT2D eigenvalue weighted by Gasteiger charge is -2.48. The van der Waals surface area contributed by atoms with E-state index in [2.05, 4.69) is 4.90 Å². The Labute approximate surface area is 297 Å². The number of allylic oxidation sites excluding steroid dienone is 1. The second-order valence-corrected chi connectivity index (χ2v) is 14.9. The first-order valence-corrected chi connectivity index (χ1v) is 18.1. The summed E-state index contributed by atoms with van der Waals surface area (Å²) in [5.74, 6) is -4.77. The van der Waals surface area contributed by atoms with E-state index in [-0.39, 0.29) is 30.8 Å². The van der Waals surface area contributed by atoms with Crippen molar-refractivity contribution in [2.24, 2.45) is 17.8 Å². The van der Waals surface area contributed by atoms with Gasteiger partial charge in [-0.1, -0.05) is 39.0 Å². The molecule has 11 heteroatoms. The van der Waals surface area contributed by atoms with Gasteiger partial charge in [0.2, 0.25) is 0 Å². The molecule has 278 valence electrons. The molecule has 3 heterocycles. The molecule has 2 fully saturated rings. The van der Waals surface area contributed by atoms with Crippen LogP contribution in [0.2, 0.25) is 0 Å². The van der Waals surface area contributed by atoms with Gasteiger partial charge >= 0.3 is 11.9 Å². The number of methoxy groups -OCH3 is 1. The number of cyclic esters (lactones) is 1. The summed E-state index contributed by atoms with van der Waals surface area (Å²) in [6, 6.07) is 8.52. The molecule has 1 aromatic carbocycles. The van der Waals surface area contributed by atoms with Crippen LogP contribution in [0.4, 0.5) is 0 Å². The average molecular weight is 700 g/mol.